The van der Waals surface area contributed by atoms with Gasteiger partial charge in [0.1, 0.15) is 6.04 Å². The third kappa shape index (κ3) is 3.00. The highest BCUT2D eigenvalue weighted by molar-refractivity contribution is 5.73. The Morgan fingerprint density at radius 1 is 1.44 bits per heavy atom. The van der Waals surface area contributed by atoms with Crippen molar-refractivity contribution in [3.8, 4) is 0 Å². The Hall–Kier alpha value is -1.49. The van der Waals surface area contributed by atoms with Crippen LogP contribution in [0.5, 0.6) is 0 Å². The Bertz CT molecular complexity index is 376. The molecule has 88 valence electrons. The van der Waals surface area contributed by atoms with Gasteiger partial charge in [-0.25, -0.2) is 8.78 Å². The maximum Gasteiger partial charge on any atom is 0.320 e. The first-order valence-electron chi connectivity index (χ1n) is 4.76. The fraction of sp³-hybridized carbons (Fsp3) is 0.364. The van der Waals surface area contributed by atoms with Gasteiger partial charge in [-0.15, -0.1) is 0 Å². The van der Waals surface area contributed by atoms with Crippen molar-refractivity contribution in [2.45, 2.75) is 25.3 Å². The van der Waals surface area contributed by atoms with Gasteiger partial charge in [0.2, 0.25) is 0 Å². The molecule has 0 saturated heterocycles. The smallest absolute Gasteiger partial charge is 0.320 e. The lowest BCUT2D eigenvalue weighted by molar-refractivity contribution is -0.141. The SMILES string of the molecule is Cc1ccc(C(F)(F)CC(N)C(=O)O)cc1. The van der Waals surface area contributed by atoms with Gasteiger partial charge in [-0.2, -0.15) is 0 Å². The van der Waals surface area contributed by atoms with E-state index in [1.165, 1.54) is 12.1 Å². The molecule has 0 saturated carbocycles. The van der Waals surface area contributed by atoms with Gasteiger partial charge in [0, 0.05) is 12.0 Å². The van der Waals surface area contributed by atoms with Gasteiger partial charge in [-0.05, 0) is 6.92 Å². The number of halogens is 2. The summed E-state index contributed by atoms with van der Waals surface area (Å²) in [5.41, 5.74) is 5.74. The van der Waals surface area contributed by atoms with E-state index in [0.717, 1.165) is 5.56 Å². The molecular weight excluding hydrogens is 216 g/mol. The molecule has 0 heterocycles. The zero-order valence-electron chi connectivity index (χ0n) is 8.78. The highest BCUT2D eigenvalue weighted by atomic mass is 19.3. The molecular formula is C11H13F2NO2. The Labute approximate surface area is 91.9 Å². The summed E-state index contributed by atoms with van der Waals surface area (Å²) in [5, 5.41) is 8.48. The van der Waals surface area contributed by atoms with Crippen molar-refractivity contribution in [3.05, 3.63) is 35.4 Å². The summed E-state index contributed by atoms with van der Waals surface area (Å²) in [6, 6.07) is 4.11. The maximum absolute atomic E-state index is 13.6. The number of rotatable bonds is 4. The van der Waals surface area contributed by atoms with E-state index >= 15 is 0 Å². The van der Waals surface area contributed by atoms with Crippen LogP contribution in [0.3, 0.4) is 0 Å². The zero-order valence-corrected chi connectivity index (χ0v) is 8.78. The second-order valence-corrected chi connectivity index (χ2v) is 3.72. The van der Waals surface area contributed by atoms with Crippen LogP contribution in [0.1, 0.15) is 17.5 Å². The average Bonchev–Trinajstić information content (AvgIpc) is 2.17. The molecule has 0 fully saturated rings. The van der Waals surface area contributed by atoms with E-state index in [0.29, 0.717) is 0 Å². The van der Waals surface area contributed by atoms with Gasteiger partial charge < -0.3 is 10.8 Å². The molecule has 0 bridgehead atoms. The molecule has 1 aromatic carbocycles. The van der Waals surface area contributed by atoms with Crippen molar-refractivity contribution < 1.29 is 18.7 Å². The molecule has 1 unspecified atom stereocenters. The largest absolute Gasteiger partial charge is 0.480 e. The number of carboxylic acids is 1. The van der Waals surface area contributed by atoms with Crippen molar-refractivity contribution in [1.29, 1.82) is 0 Å². The predicted octanol–water partition coefficient (Wildman–Crippen LogP) is 1.89. The summed E-state index contributed by atoms with van der Waals surface area (Å²) in [6.07, 6.45) is -0.897. The Kier molecular flexibility index (Phi) is 3.59. The minimum Gasteiger partial charge on any atom is -0.480 e. The topological polar surface area (TPSA) is 63.3 Å². The van der Waals surface area contributed by atoms with Crippen LogP contribution in [-0.2, 0) is 10.7 Å². The minimum atomic E-state index is -3.22. The van der Waals surface area contributed by atoms with Crippen LogP contribution in [0.2, 0.25) is 0 Å². The number of carboxylic acid groups (broad SMARTS) is 1. The minimum absolute atomic E-state index is 0.213. The van der Waals surface area contributed by atoms with Crippen molar-refractivity contribution in [2.24, 2.45) is 5.73 Å². The molecule has 3 nitrogen and oxygen atoms in total. The average molecular weight is 229 g/mol. The van der Waals surface area contributed by atoms with E-state index in [9.17, 15) is 13.6 Å². The van der Waals surface area contributed by atoms with Gasteiger partial charge in [0.05, 0.1) is 0 Å². The van der Waals surface area contributed by atoms with Crippen LogP contribution < -0.4 is 5.73 Å². The van der Waals surface area contributed by atoms with E-state index in [4.69, 9.17) is 10.8 Å². The molecule has 3 N–H and O–H groups in total. The Morgan fingerprint density at radius 3 is 2.38 bits per heavy atom. The summed E-state index contributed by atoms with van der Waals surface area (Å²) in [6.45, 7) is 1.78. The fourth-order valence-electron chi connectivity index (χ4n) is 1.28. The van der Waals surface area contributed by atoms with E-state index in [-0.39, 0.29) is 5.56 Å². The van der Waals surface area contributed by atoms with Gasteiger partial charge in [-0.1, -0.05) is 29.8 Å². The Morgan fingerprint density at radius 2 is 1.94 bits per heavy atom. The van der Waals surface area contributed by atoms with Crippen molar-refractivity contribution in [1.82, 2.24) is 0 Å². The highest BCUT2D eigenvalue weighted by Crippen LogP contribution is 2.32. The molecule has 0 aliphatic rings. The monoisotopic (exact) mass is 229 g/mol. The lowest BCUT2D eigenvalue weighted by atomic mass is 10.0. The molecule has 16 heavy (non-hydrogen) atoms. The van der Waals surface area contributed by atoms with Crippen molar-refractivity contribution in [2.75, 3.05) is 0 Å². The molecule has 0 radical (unpaired) electrons. The number of benzene rings is 1. The van der Waals surface area contributed by atoms with Gasteiger partial charge in [0.15, 0.2) is 0 Å². The summed E-state index contributed by atoms with van der Waals surface area (Å²) in [5.74, 6) is -4.64. The highest BCUT2D eigenvalue weighted by Gasteiger charge is 2.35. The van der Waals surface area contributed by atoms with E-state index in [1.54, 1.807) is 19.1 Å². The standard InChI is InChI=1S/C11H13F2NO2/c1-7-2-4-8(5-3-7)11(12,13)6-9(14)10(15)16/h2-5,9H,6,14H2,1H3,(H,15,16). The summed E-state index contributed by atoms with van der Waals surface area (Å²) in [7, 11) is 0. The first kappa shape index (κ1) is 12.6. The van der Waals surface area contributed by atoms with Crippen LogP contribution in [0.15, 0.2) is 24.3 Å². The van der Waals surface area contributed by atoms with Crippen LogP contribution in [0.4, 0.5) is 8.78 Å². The van der Waals surface area contributed by atoms with Gasteiger partial charge in [0.25, 0.3) is 5.92 Å². The normalized spacial score (nSPS) is 13.5. The van der Waals surface area contributed by atoms with E-state index < -0.39 is 24.4 Å². The second-order valence-electron chi connectivity index (χ2n) is 3.72. The lowest BCUT2D eigenvalue weighted by Gasteiger charge is -2.18. The van der Waals surface area contributed by atoms with Crippen molar-refractivity contribution >= 4 is 5.97 Å². The molecule has 5 heteroatoms. The molecule has 0 aliphatic carbocycles. The van der Waals surface area contributed by atoms with Crippen LogP contribution in [0.25, 0.3) is 0 Å². The fourth-order valence-corrected chi connectivity index (χ4v) is 1.28. The zero-order chi connectivity index (χ0) is 12.3. The first-order valence-corrected chi connectivity index (χ1v) is 4.76. The van der Waals surface area contributed by atoms with Crippen LogP contribution >= 0.6 is 0 Å². The van der Waals surface area contributed by atoms with E-state index in [2.05, 4.69) is 0 Å². The molecule has 0 spiro atoms. The van der Waals surface area contributed by atoms with Gasteiger partial charge >= 0.3 is 5.97 Å². The molecule has 0 amide bonds. The second kappa shape index (κ2) is 4.57. The summed E-state index contributed by atoms with van der Waals surface area (Å²) >= 11 is 0. The molecule has 0 aromatic heterocycles. The molecule has 0 aliphatic heterocycles. The summed E-state index contributed by atoms with van der Waals surface area (Å²) in [4.78, 5) is 10.4. The number of carbonyl (C=O) groups is 1. The van der Waals surface area contributed by atoms with Crippen LogP contribution in [-0.4, -0.2) is 17.1 Å². The third-order valence-electron chi connectivity index (χ3n) is 2.27. The number of aliphatic carboxylic acids is 1. The quantitative estimate of drug-likeness (QED) is 0.828. The number of hydrogen-bond donors (Lipinski definition) is 2. The first-order chi connectivity index (χ1) is 7.33. The lowest BCUT2D eigenvalue weighted by Crippen LogP contribution is -2.35. The molecule has 1 rings (SSSR count). The number of nitrogens with two attached hydrogens (primary N) is 1. The molecule has 1 atom stereocenters. The number of aryl methyl sites for hydroxylation is 1. The van der Waals surface area contributed by atoms with Crippen molar-refractivity contribution in [3.63, 3.8) is 0 Å². The Balaban J connectivity index is 2.84. The van der Waals surface area contributed by atoms with Gasteiger partial charge in [-0.3, -0.25) is 4.79 Å². The van der Waals surface area contributed by atoms with Crippen LogP contribution in [0, 0.1) is 6.92 Å². The third-order valence-corrected chi connectivity index (χ3v) is 2.27. The maximum atomic E-state index is 13.6. The summed E-state index contributed by atoms with van der Waals surface area (Å²) < 4.78 is 27.1. The predicted molar refractivity (Wildman–Crippen MR) is 55.3 cm³/mol. The number of alkyl halides is 2. The number of hydrogen-bond acceptors (Lipinski definition) is 2. The molecule has 1 aromatic rings. The van der Waals surface area contributed by atoms with E-state index in [1.807, 2.05) is 0 Å².